The Kier molecular flexibility index (Phi) is 3.81. The molecule has 0 saturated heterocycles. The molecule has 1 aromatic carbocycles. The van der Waals surface area contributed by atoms with Crippen molar-refractivity contribution in [2.75, 3.05) is 0 Å². The van der Waals surface area contributed by atoms with Gasteiger partial charge in [-0.05, 0) is 18.2 Å². The summed E-state index contributed by atoms with van der Waals surface area (Å²) < 4.78 is 24.4. The second-order valence-electron chi connectivity index (χ2n) is 3.47. The van der Waals surface area contributed by atoms with E-state index in [2.05, 4.69) is 15.9 Å². The first-order chi connectivity index (χ1) is 8.19. The first kappa shape index (κ1) is 12.1. The third-order valence-corrected chi connectivity index (χ3v) is 2.71. The zero-order chi connectivity index (χ0) is 12.3. The van der Waals surface area contributed by atoms with Gasteiger partial charge in [-0.1, -0.05) is 15.9 Å². The molecule has 1 aromatic heterocycles. The fraction of sp³-hybridized carbons (Fsp3) is 0.167. The van der Waals surface area contributed by atoms with Crippen molar-refractivity contribution < 1.29 is 13.5 Å². The van der Waals surface area contributed by atoms with Gasteiger partial charge < -0.3 is 14.9 Å². The first-order valence-electron chi connectivity index (χ1n) is 5.03. The summed E-state index contributed by atoms with van der Waals surface area (Å²) in [6.07, 6.45) is 1.56. The van der Waals surface area contributed by atoms with E-state index in [4.69, 9.17) is 14.9 Å². The van der Waals surface area contributed by atoms with Crippen molar-refractivity contribution in [3.05, 3.63) is 52.1 Å². The normalized spacial score (nSPS) is 10.5. The fourth-order valence-corrected chi connectivity index (χ4v) is 1.89. The van der Waals surface area contributed by atoms with Gasteiger partial charge >= 0.3 is 0 Å². The topological polar surface area (TPSA) is 48.4 Å². The quantitative estimate of drug-likeness (QED) is 0.943. The third kappa shape index (κ3) is 3.08. The summed E-state index contributed by atoms with van der Waals surface area (Å²) in [5, 5.41) is 0. The van der Waals surface area contributed by atoms with Gasteiger partial charge in [0.2, 0.25) is 0 Å². The van der Waals surface area contributed by atoms with Crippen LogP contribution in [0.3, 0.4) is 0 Å². The lowest BCUT2D eigenvalue weighted by Gasteiger charge is -2.06. The van der Waals surface area contributed by atoms with Crippen LogP contribution in [0.25, 0.3) is 0 Å². The highest BCUT2D eigenvalue weighted by Gasteiger charge is 2.06. The molecule has 2 rings (SSSR count). The van der Waals surface area contributed by atoms with E-state index in [9.17, 15) is 4.39 Å². The van der Waals surface area contributed by atoms with Crippen molar-refractivity contribution in [2.45, 2.75) is 13.2 Å². The van der Waals surface area contributed by atoms with Gasteiger partial charge in [0.25, 0.3) is 0 Å². The average molecular weight is 300 g/mol. The highest BCUT2D eigenvalue weighted by molar-refractivity contribution is 9.10. The van der Waals surface area contributed by atoms with Crippen molar-refractivity contribution >= 4 is 15.9 Å². The minimum atomic E-state index is -0.347. The number of ether oxygens (including phenoxy) is 1. The summed E-state index contributed by atoms with van der Waals surface area (Å²) in [6.45, 7) is 0.622. The van der Waals surface area contributed by atoms with Crippen LogP contribution in [0.5, 0.6) is 5.75 Å². The Bertz CT molecular complexity index is 493. The minimum absolute atomic E-state index is 0.304. The molecule has 0 atom stereocenters. The molecule has 0 aliphatic carbocycles. The van der Waals surface area contributed by atoms with Crippen LogP contribution in [0.1, 0.15) is 11.3 Å². The summed E-state index contributed by atoms with van der Waals surface area (Å²) in [6, 6.07) is 6.19. The Balaban J connectivity index is 2.07. The molecule has 1 heterocycles. The zero-order valence-corrected chi connectivity index (χ0v) is 10.5. The molecule has 2 N–H and O–H groups in total. The van der Waals surface area contributed by atoms with Crippen LogP contribution in [0.4, 0.5) is 4.39 Å². The SMILES string of the molecule is NCc1occc1COc1cc(F)cc(Br)c1. The van der Waals surface area contributed by atoms with Crippen molar-refractivity contribution in [1.29, 1.82) is 0 Å². The zero-order valence-electron chi connectivity index (χ0n) is 8.95. The molecule has 0 bridgehead atoms. The highest BCUT2D eigenvalue weighted by atomic mass is 79.9. The van der Waals surface area contributed by atoms with Crippen molar-refractivity contribution in [2.24, 2.45) is 5.73 Å². The van der Waals surface area contributed by atoms with Crippen molar-refractivity contribution in [1.82, 2.24) is 0 Å². The number of nitrogens with two attached hydrogens (primary N) is 1. The lowest BCUT2D eigenvalue weighted by atomic mass is 10.2. The van der Waals surface area contributed by atoms with Gasteiger partial charge in [-0.25, -0.2) is 4.39 Å². The van der Waals surface area contributed by atoms with E-state index in [1.165, 1.54) is 12.1 Å². The molecule has 90 valence electrons. The fourth-order valence-electron chi connectivity index (χ4n) is 1.45. The minimum Gasteiger partial charge on any atom is -0.489 e. The maximum absolute atomic E-state index is 13.1. The Morgan fingerprint density at radius 2 is 2.18 bits per heavy atom. The van der Waals surface area contributed by atoms with E-state index in [1.54, 1.807) is 18.4 Å². The summed E-state index contributed by atoms with van der Waals surface area (Å²) in [5.74, 6) is 0.794. The van der Waals surface area contributed by atoms with E-state index < -0.39 is 0 Å². The molecule has 0 unspecified atom stereocenters. The Hall–Kier alpha value is -1.33. The number of rotatable bonds is 4. The summed E-state index contributed by atoms with van der Waals surface area (Å²) in [7, 11) is 0. The summed E-state index contributed by atoms with van der Waals surface area (Å²) >= 11 is 3.20. The van der Waals surface area contributed by atoms with Gasteiger partial charge in [0.15, 0.2) is 0 Å². The van der Waals surface area contributed by atoms with Gasteiger partial charge in [0.1, 0.15) is 23.9 Å². The molecule has 0 fully saturated rings. The maximum Gasteiger partial charge on any atom is 0.128 e. The van der Waals surface area contributed by atoms with Crippen molar-refractivity contribution in [3.63, 3.8) is 0 Å². The average Bonchev–Trinajstić information content (AvgIpc) is 2.72. The van der Waals surface area contributed by atoms with Crippen LogP contribution < -0.4 is 10.5 Å². The lowest BCUT2D eigenvalue weighted by Crippen LogP contribution is -2.02. The molecule has 0 amide bonds. The van der Waals surface area contributed by atoms with E-state index in [1.807, 2.05) is 0 Å². The second kappa shape index (κ2) is 5.33. The van der Waals surface area contributed by atoms with Gasteiger partial charge in [-0.3, -0.25) is 0 Å². The molecule has 0 aliphatic heterocycles. The van der Waals surface area contributed by atoms with Crippen LogP contribution in [-0.2, 0) is 13.2 Å². The van der Waals surface area contributed by atoms with E-state index in [-0.39, 0.29) is 5.82 Å². The number of hydrogen-bond acceptors (Lipinski definition) is 3. The third-order valence-electron chi connectivity index (χ3n) is 2.25. The number of benzene rings is 1. The first-order valence-corrected chi connectivity index (χ1v) is 5.82. The van der Waals surface area contributed by atoms with E-state index >= 15 is 0 Å². The molecular formula is C12H11BrFNO2. The van der Waals surface area contributed by atoms with E-state index in [0.29, 0.717) is 29.1 Å². The van der Waals surface area contributed by atoms with Gasteiger partial charge in [-0.15, -0.1) is 0 Å². The van der Waals surface area contributed by atoms with Gasteiger partial charge in [0.05, 0.1) is 12.8 Å². The molecule has 0 aliphatic rings. The predicted octanol–water partition coefficient (Wildman–Crippen LogP) is 3.22. The molecular weight excluding hydrogens is 289 g/mol. The molecule has 0 radical (unpaired) electrons. The number of halogens is 2. The van der Waals surface area contributed by atoms with Gasteiger partial charge in [0, 0.05) is 16.1 Å². The molecule has 2 aromatic rings. The Labute approximate surface area is 106 Å². The van der Waals surface area contributed by atoms with Crippen LogP contribution in [0.15, 0.2) is 39.4 Å². The molecule has 5 heteroatoms. The standard InChI is InChI=1S/C12H11BrFNO2/c13-9-3-10(14)5-11(4-9)17-7-8-1-2-16-12(8)6-15/h1-5H,6-7,15H2. The lowest BCUT2D eigenvalue weighted by molar-refractivity contribution is 0.300. The monoisotopic (exact) mass is 299 g/mol. The van der Waals surface area contributed by atoms with E-state index in [0.717, 1.165) is 5.56 Å². The van der Waals surface area contributed by atoms with Crippen LogP contribution in [-0.4, -0.2) is 0 Å². The smallest absolute Gasteiger partial charge is 0.128 e. The second-order valence-corrected chi connectivity index (χ2v) is 4.38. The van der Waals surface area contributed by atoms with Crippen LogP contribution >= 0.6 is 15.9 Å². The van der Waals surface area contributed by atoms with Gasteiger partial charge in [-0.2, -0.15) is 0 Å². The summed E-state index contributed by atoms with van der Waals surface area (Å²) in [4.78, 5) is 0. The van der Waals surface area contributed by atoms with Crippen LogP contribution in [0.2, 0.25) is 0 Å². The number of hydrogen-bond donors (Lipinski definition) is 1. The maximum atomic E-state index is 13.1. The molecule has 0 saturated carbocycles. The Morgan fingerprint density at radius 1 is 1.35 bits per heavy atom. The summed E-state index contributed by atoms with van der Waals surface area (Å²) in [5.41, 5.74) is 6.36. The highest BCUT2D eigenvalue weighted by Crippen LogP contribution is 2.22. The largest absolute Gasteiger partial charge is 0.489 e. The molecule has 0 spiro atoms. The predicted molar refractivity (Wildman–Crippen MR) is 65.0 cm³/mol. The molecule has 17 heavy (non-hydrogen) atoms. The number of furan rings is 1. The van der Waals surface area contributed by atoms with Crippen LogP contribution in [0, 0.1) is 5.82 Å². The Morgan fingerprint density at radius 3 is 2.88 bits per heavy atom. The molecule has 3 nitrogen and oxygen atoms in total. The van der Waals surface area contributed by atoms with Crippen molar-refractivity contribution in [3.8, 4) is 5.75 Å².